The van der Waals surface area contributed by atoms with Crippen LogP contribution in [0.5, 0.6) is 0 Å². The first kappa shape index (κ1) is 10.2. The van der Waals surface area contributed by atoms with E-state index < -0.39 is 11.7 Å². The standard InChI is InChI=1S/C11H8FN3O/c12-9-4-2-1-3-8(9)11-14-5-7(6-15-11)10(13)16/h1-6H,(H2,13,16). The molecule has 0 saturated heterocycles. The normalized spacial score (nSPS) is 10.1. The van der Waals surface area contributed by atoms with Crippen LogP contribution in [-0.4, -0.2) is 15.9 Å². The zero-order valence-electron chi connectivity index (χ0n) is 8.22. The van der Waals surface area contributed by atoms with Gasteiger partial charge in [0, 0.05) is 12.4 Å². The predicted octanol–water partition coefficient (Wildman–Crippen LogP) is 1.38. The van der Waals surface area contributed by atoms with Crippen LogP contribution in [0.2, 0.25) is 0 Å². The lowest BCUT2D eigenvalue weighted by Gasteiger charge is -2.01. The van der Waals surface area contributed by atoms with Crippen LogP contribution < -0.4 is 5.73 Å². The summed E-state index contributed by atoms with van der Waals surface area (Å²) < 4.78 is 13.4. The number of hydrogen-bond acceptors (Lipinski definition) is 3. The number of aromatic nitrogens is 2. The van der Waals surface area contributed by atoms with Crippen LogP contribution in [0, 0.1) is 5.82 Å². The molecule has 0 spiro atoms. The van der Waals surface area contributed by atoms with Crippen molar-refractivity contribution in [2.45, 2.75) is 0 Å². The summed E-state index contributed by atoms with van der Waals surface area (Å²) in [6, 6.07) is 6.15. The van der Waals surface area contributed by atoms with Gasteiger partial charge in [-0.25, -0.2) is 14.4 Å². The Morgan fingerprint density at radius 3 is 2.38 bits per heavy atom. The molecule has 0 aliphatic carbocycles. The molecule has 2 N–H and O–H groups in total. The molecule has 1 heterocycles. The monoisotopic (exact) mass is 217 g/mol. The molecule has 80 valence electrons. The molecule has 0 radical (unpaired) electrons. The molecule has 0 unspecified atom stereocenters. The Hall–Kier alpha value is -2.30. The van der Waals surface area contributed by atoms with Gasteiger partial charge in [0.15, 0.2) is 5.82 Å². The summed E-state index contributed by atoms with van der Waals surface area (Å²) in [5, 5.41) is 0. The van der Waals surface area contributed by atoms with Crippen LogP contribution >= 0.6 is 0 Å². The van der Waals surface area contributed by atoms with Crippen molar-refractivity contribution in [3.8, 4) is 11.4 Å². The van der Waals surface area contributed by atoms with Gasteiger partial charge in [0.1, 0.15) is 5.82 Å². The summed E-state index contributed by atoms with van der Waals surface area (Å²) in [4.78, 5) is 18.5. The molecule has 4 nitrogen and oxygen atoms in total. The second kappa shape index (κ2) is 4.06. The van der Waals surface area contributed by atoms with Gasteiger partial charge in [0.2, 0.25) is 0 Å². The van der Waals surface area contributed by atoms with Gasteiger partial charge in [-0.3, -0.25) is 4.79 Å². The van der Waals surface area contributed by atoms with E-state index in [9.17, 15) is 9.18 Å². The fourth-order valence-corrected chi connectivity index (χ4v) is 1.24. The van der Waals surface area contributed by atoms with Gasteiger partial charge in [-0.15, -0.1) is 0 Å². The number of amides is 1. The average Bonchev–Trinajstić information content (AvgIpc) is 2.30. The molecule has 16 heavy (non-hydrogen) atoms. The van der Waals surface area contributed by atoms with Gasteiger partial charge in [0.25, 0.3) is 5.91 Å². The Morgan fingerprint density at radius 1 is 1.19 bits per heavy atom. The smallest absolute Gasteiger partial charge is 0.251 e. The predicted molar refractivity (Wildman–Crippen MR) is 55.9 cm³/mol. The molecular formula is C11H8FN3O. The van der Waals surface area contributed by atoms with Gasteiger partial charge in [-0.2, -0.15) is 0 Å². The first-order valence-electron chi connectivity index (χ1n) is 4.55. The van der Waals surface area contributed by atoms with E-state index in [1.165, 1.54) is 18.5 Å². The lowest BCUT2D eigenvalue weighted by atomic mass is 10.2. The highest BCUT2D eigenvalue weighted by atomic mass is 19.1. The number of rotatable bonds is 2. The van der Waals surface area contributed by atoms with Crippen LogP contribution in [0.3, 0.4) is 0 Å². The molecule has 0 bridgehead atoms. The van der Waals surface area contributed by atoms with Crippen molar-refractivity contribution in [2.24, 2.45) is 5.73 Å². The number of carbonyl (C=O) groups is 1. The van der Waals surface area contributed by atoms with Crippen molar-refractivity contribution in [3.05, 3.63) is 48.0 Å². The highest BCUT2D eigenvalue weighted by molar-refractivity contribution is 5.92. The van der Waals surface area contributed by atoms with E-state index >= 15 is 0 Å². The summed E-state index contributed by atoms with van der Waals surface area (Å²) in [5.41, 5.74) is 5.52. The van der Waals surface area contributed by atoms with Crippen molar-refractivity contribution in [1.82, 2.24) is 9.97 Å². The summed E-state index contributed by atoms with van der Waals surface area (Å²) in [6.45, 7) is 0. The van der Waals surface area contributed by atoms with E-state index in [1.807, 2.05) is 0 Å². The maximum atomic E-state index is 13.4. The van der Waals surface area contributed by atoms with Crippen LogP contribution in [0.4, 0.5) is 4.39 Å². The van der Waals surface area contributed by atoms with E-state index in [0.717, 1.165) is 0 Å². The van der Waals surface area contributed by atoms with E-state index in [0.29, 0.717) is 5.56 Å². The Bertz CT molecular complexity index is 525. The topological polar surface area (TPSA) is 68.9 Å². The molecule has 0 saturated carbocycles. The van der Waals surface area contributed by atoms with E-state index in [-0.39, 0.29) is 11.4 Å². The Kier molecular flexibility index (Phi) is 2.59. The van der Waals surface area contributed by atoms with Gasteiger partial charge in [0.05, 0.1) is 11.1 Å². The molecule has 0 aliphatic heterocycles. The number of halogens is 1. The molecule has 5 heteroatoms. The van der Waals surface area contributed by atoms with Gasteiger partial charge < -0.3 is 5.73 Å². The maximum absolute atomic E-state index is 13.4. The number of primary amides is 1. The lowest BCUT2D eigenvalue weighted by molar-refractivity contribution is 0.0999. The van der Waals surface area contributed by atoms with E-state index in [2.05, 4.69) is 9.97 Å². The highest BCUT2D eigenvalue weighted by Gasteiger charge is 2.07. The SMILES string of the molecule is NC(=O)c1cnc(-c2ccccc2F)nc1. The first-order chi connectivity index (χ1) is 7.68. The van der Waals surface area contributed by atoms with Crippen LogP contribution in [0.15, 0.2) is 36.7 Å². The van der Waals surface area contributed by atoms with E-state index in [1.54, 1.807) is 18.2 Å². The molecule has 1 aromatic carbocycles. The quantitative estimate of drug-likeness (QED) is 0.826. The summed E-state index contributed by atoms with van der Waals surface area (Å²) in [7, 11) is 0. The molecule has 0 aliphatic rings. The third kappa shape index (κ3) is 1.88. The minimum Gasteiger partial charge on any atom is -0.366 e. The second-order valence-electron chi connectivity index (χ2n) is 3.14. The average molecular weight is 217 g/mol. The van der Waals surface area contributed by atoms with Gasteiger partial charge in [-0.05, 0) is 12.1 Å². The molecule has 2 aromatic rings. The Morgan fingerprint density at radius 2 is 1.81 bits per heavy atom. The highest BCUT2D eigenvalue weighted by Crippen LogP contribution is 2.17. The largest absolute Gasteiger partial charge is 0.366 e. The summed E-state index contributed by atoms with van der Waals surface area (Å²) in [5.74, 6) is -0.794. The zero-order valence-corrected chi connectivity index (χ0v) is 8.22. The fraction of sp³-hybridized carbons (Fsp3) is 0. The number of hydrogen-bond donors (Lipinski definition) is 1. The number of nitrogens with two attached hydrogens (primary N) is 1. The van der Waals surface area contributed by atoms with Gasteiger partial charge >= 0.3 is 0 Å². The Balaban J connectivity index is 2.43. The lowest BCUT2D eigenvalue weighted by Crippen LogP contribution is -2.11. The maximum Gasteiger partial charge on any atom is 0.251 e. The van der Waals surface area contributed by atoms with Crippen molar-refractivity contribution in [3.63, 3.8) is 0 Å². The number of nitrogens with zero attached hydrogens (tertiary/aromatic N) is 2. The van der Waals surface area contributed by atoms with Crippen molar-refractivity contribution < 1.29 is 9.18 Å². The molecule has 0 fully saturated rings. The molecule has 2 rings (SSSR count). The molecule has 0 atom stereocenters. The van der Waals surface area contributed by atoms with Crippen LogP contribution in [0.25, 0.3) is 11.4 Å². The number of carbonyl (C=O) groups excluding carboxylic acids is 1. The summed E-state index contributed by atoms with van der Waals surface area (Å²) >= 11 is 0. The third-order valence-corrected chi connectivity index (χ3v) is 2.05. The second-order valence-corrected chi connectivity index (χ2v) is 3.14. The molecule has 1 aromatic heterocycles. The van der Waals surface area contributed by atoms with Crippen molar-refractivity contribution >= 4 is 5.91 Å². The van der Waals surface area contributed by atoms with Crippen molar-refractivity contribution in [1.29, 1.82) is 0 Å². The zero-order chi connectivity index (χ0) is 11.5. The van der Waals surface area contributed by atoms with Crippen LogP contribution in [-0.2, 0) is 0 Å². The van der Waals surface area contributed by atoms with E-state index in [4.69, 9.17) is 5.73 Å². The fourth-order valence-electron chi connectivity index (χ4n) is 1.24. The van der Waals surface area contributed by atoms with Crippen molar-refractivity contribution in [2.75, 3.05) is 0 Å². The van der Waals surface area contributed by atoms with Gasteiger partial charge in [-0.1, -0.05) is 12.1 Å². The summed E-state index contributed by atoms with van der Waals surface area (Å²) in [6.07, 6.45) is 2.55. The number of benzene rings is 1. The molecule has 1 amide bonds. The third-order valence-electron chi connectivity index (χ3n) is 2.05. The molecular weight excluding hydrogens is 209 g/mol. The Labute approximate surface area is 91.0 Å². The minimum absolute atomic E-state index is 0.195. The van der Waals surface area contributed by atoms with Crippen LogP contribution in [0.1, 0.15) is 10.4 Å². The first-order valence-corrected chi connectivity index (χ1v) is 4.55. The minimum atomic E-state index is -0.611.